The molecule has 0 radical (unpaired) electrons. The van der Waals surface area contributed by atoms with Crippen molar-refractivity contribution in [3.63, 3.8) is 0 Å². The van der Waals surface area contributed by atoms with E-state index < -0.39 is 0 Å². The van der Waals surface area contributed by atoms with Crippen LogP contribution in [0.4, 0.5) is 0 Å². The summed E-state index contributed by atoms with van der Waals surface area (Å²) in [5.41, 5.74) is 0. The summed E-state index contributed by atoms with van der Waals surface area (Å²) in [6.45, 7) is 3.73. The predicted molar refractivity (Wildman–Crippen MR) is 62.1 cm³/mol. The van der Waals surface area contributed by atoms with Crippen LogP contribution in [-0.4, -0.2) is 48.8 Å². The van der Waals surface area contributed by atoms with Crippen molar-refractivity contribution in [2.45, 2.75) is 38.7 Å². The van der Waals surface area contributed by atoms with Gasteiger partial charge >= 0.3 is 0 Å². The molecule has 0 aromatic rings. The largest absolute Gasteiger partial charge is 0.396 e. The number of aliphatic hydroxyl groups is 1. The van der Waals surface area contributed by atoms with Gasteiger partial charge in [-0.3, -0.25) is 4.79 Å². The van der Waals surface area contributed by atoms with Crippen LogP contribution >= 0.6 is 0 Å². The van der Waals surface area contributed by atoms with Crippen molar-refractivity contribution in [3.8, 4) is 0 Å². The molecule has 0 spiro atoms. The zero-order valence-corrected chi connectivity index (χ0v) is 10.3. The normalized spacial score (nSPS) is 23.2. The van der Waals surface area contributed by atoms with Gasteiger partial charge in [0.2, 0.25) is 5.91 Å². The number of rotatable bonds is 5. The van der Waals surface area contributed by atoms with Crippen molar-refractivity contribution < 1.29 is 14.6 Å². The van der Waals surface area contributed by atoms with Crippen LogP contribution in [-0.2, 0) is 9.53 Å². The van der Waals surface area contributed by atoms with Crippen LogP contribution in [0.2, 0.25) is 0 Å². The first kappa shape index (κ1) is 13.5. The van der Waals surface area contributed by atoms with Crippen LogP contribution in [0.15, 0.2) is 0 Å². The first-order chi connectivity index (χ1) is 7.67. The number of hydrogen-bond acceptors (Lipinski definition) is 3. The fraction of sp³-hybridized carbons (Fsp3) is 0.917. The number of carbonyl (C=O) groups is 1. The molecule has 1 aliphatic rings. The lowest BCUT2D eigenvalue weighted by Crippen LogP contribution is -2.41. The number of likely N-dealkylation sites (tertiary alicyclic amines) is 1. The third kappa shape index (κ3) is 4.10. The van der Waals surface area contributed by atoms with Gasteiger partial charge in [-0.15, -0.1) is 0 Å². The molecule has 1 amide bonds. The van der Waals surface area contributed by atoms with Crippen molar-refractivity contribution >= 4 is 5.91 Å². The Labute approximate surface area is 97.6 Å². The lowest BCUT2D eigenvalue weighted by atomic mass is 9.98. The smallest absolute Gasteiger partial charge is 0.222 e. The zero-order valence-electron chi connectivity index (χ0n) is 10.3. The van der Waals surface area contributed by atoms with Crippen LogP contribution in [0.3, 0.4) is 0 Å². The molecule has 4 nitrogen and oxygen atoms in total. The average molecular weight is 229 g/mol. The van der Waals surface area contributed by atoms with E-state index in [0.717, 1.165) is 32.4 Å². The molecule has 1 rings (SSSR count). The highest BCUT2D eigenvalue weighted by Crippen LogP contribution is 2.17. The molecule has 1 saturated heterocycles. The van der Waals surface area contributed by atoms with Crippen LogP contribution in [0.5, 0.6) is 0 Å². The minimum Gasteiger partial charge on any atom is -0.396 e. The maximum absolute atomic E-state index is 11.9. The Hall–Kier alpha value is -0.610. The van der Waals surface area contributed by atoms with E-state index in [2.05, 4.69) is 0 Å². The molecule has 1 heterocycles. The van der Waals surface area contributed by atoms with Crippen LogP contribution < -0.4 is 0 Å². The molecule has 2 unspecified atom stereocenters. The Morgan fingerprint density at radius 2 is 2.38 bits per heavy atom. The van der Waals surface area contributed by atoms with E-state index >= 15 is 0 Å². The third-order valence-electron chi connectivity index (χ3n) is 3.30. The molecular formula is C12H23NO3. The van der Waals surface area contributed by atoms with Gasteiger partial charge in [-0.05, 0) is 32.1 Å². The van der Waals surface area contributed by atoms with E-state index in [0.29, 0.717) is 6.42 Å². The van der Waals surface area contributed by atoms with Gasteiger partial charge in [0.1, 0.15) is 0 Å². The van der Waals surface area contributed by atoms with Gasteiger partial charge in [-0.1, -0.05) is 0 Å². The summed E-state index contributed by atoms with van der Waals surface area (Å²) in [4.78, 5) is 13.8. The second kappa shape index (κ2) is 6.86. The summed E-state index contributed by atoms with van der Waals surface area (Å²) in [5.74, 6) is 0.472. The summed E-state index contributed by atoms with van der Waals surface area (Å²) in [5, 5.41) is 9.09. The van der Waals surface area contributed by atoms with E-state index in [-0.39, 0.29) is 24.5 Å². The standard InChI is InChI=1S/C12H23NO3/c1-10(16-2)5-6-12(15)13-7-3-4-11(8-13)9-14/h10-11,14H,3-9H2,1-2H3. The third-order valence-corrected chi connectivity index (χ3v) is 3.30. The number of amides is 1. The number of methoxy groups -OCH3 is 1. The Bertz CT molecular complexity index is 220. The SMILES string of the molecule is COC(C)CCC(=O)N1CCCC(CO)C1. The topological polar surface area (TPSA) is 49.8 Å². The van der Waals surface area contributed by atoms with Crippen molar-refractivity contribution in [1.82, 2.24) is 4.90 Å². The molecule has 16 heavy (non-hydrogen) atoms. The van der Waals surface area contributed by atoms with E-state index in [4.69, 9.17) is 9.84 Å². The molecule has 1 N–H and O–H groups in total. The Morgan fingerprint density at radius 3 is 3.00 bits per heavy atom. The van der Waals surface area contributed by atoms with Gasteiger partial charge in [0.15, 0.2) is 0 Å². The Balaban J connectivity index is 2.30. The van der Waals surface area contributed by atoms with E-state index in [1.165, 1.54) is 0 Å². The number of aliphatic hydroxyl groups excluding tert-OH is 1. The Morgan fingerprint density at radius 1 is 1.62 bits per heavy atom. The monoisotopic (exact) mass is 229 g/mol. The predicted octanol–water partition coefficient (Wildman–Crippen LogP) is 1.03. The minimum atomic E-state index is 0.141. The molecule has 1 aliphatic heterocycles. The summed E-state index contributed by atoms with van der Waals surface area (Å²) >= 11 is 0. The molecule has 94 valence electrons. The second-order valence-corrected chi connectivity index (χ2v) is 4.62. The van der Waals surface area contributed by atoms with E-state index in [1.54, 1.807) is 7.11 Å². The Kier molecular flexibility index (Phi) is 5.77. The number of nitrogens with zero attached hydrogens (tertiary/aromatic N) is 1. The summed E-state index contributed by atoms with van der Waals surface area (Å²) in [6, 6.07) is 0. The second-order valence-electron chi connectivity index (χ2n) is 4.62. The van der Waals surface area contributed by atoms with Crippen LogP contribution in [0.1, 0.15) is 32.6 Å². The molecule has 0 aromatic heterocycles. The first-order valence-electron chi connectivity index (χ1n) is 6.08. The molecular weight excluding hydrogens is 206 g/mol. The van der Waals surface area contributed by atoms with Gasteiger partial charge in [0.25, 0.3) is 0 Å². The summed E-state index contributed by atoms with van der Waals surface area (Å²) in [7, 11) is 1.66. The van der Waals surface area contributed by atoms with Crippen molar-refractivity contribution in [1.29, 1.82) is 0 Å². The number of carbonyl (C=O) groups excluding carboxylic acids is 1. The van der Waals surface area contributed by atoms with Gasteiger partial charge in [0.05, 0.1) is 6.10 Å². The van der Waals surface area contributed by atoms with E-state index in [1.807, 2.05) is 11.8 Å². The molecule has 0 saturated carbocycles. The summed E-state index contributed by atoms with van der Waals surface area (Å²) < 4.78 is 5.12. The lowest BCUT2D eigenvalue weighted by Gasteiger charge is -2.32. The summed E-state index contributed by atoms with van der Waals surface area (Å²) in [6.07, 6.45) is 3.51. The van der Waals surface area contributed by atoms with Crippen molar-refractivity contribution in [3.05, 3.63) is 0 Å². The quantitative estimate of drug-likeness (QED) is 0.766. The maximum atomic E-state index is 11.9. The van der Waals surface area contributed by atoms with Crippen LogP contribution in [0.25, 0.3) is 0 Å². The number of ether oxygens (including phenoxy) is 1. The molecule has 0 aromatic carbocycles. The van der Waals surface area contributed by atoms with Gasteiger partial charge in [-0.25, -0.2) is 0 Å². The highest BCUT2D eigenvalue weighted by molar-refractivity contribution is 5.76. The minimum absolute atomic E-state index is 0.141. The maximum Gasteiger partial charge on any atom is 0.222 e. The zero-order chi connectivity index (χ0) is 12.0. The molecule has 1 fully saturated rings. The van der Waals surface area contributed by atoms with Gasteiger partial charge in [0, 0.05) is 33.2 Å². The van der Waals surface area contributed by atoms with Crippen molar-refractivity contribution in [2.24, 2.45) is 5.92 Å². The fourth-order valence-corrected chi connectivity index (χ4v) is 2.04. The fourth-order valence-electron chi connectivity index (χ4n) is 2.04. The average Bonchev–Trinajstić information content (AvgIpc) is 2.35. The molecule has 2 atom stereocenters. The highest BCUT2D eigenvalue weighted by atomic mass is 16.5. The van der Waals surface area contributed by atoms with E-state index in [9.17, 15) is 4.79 Å². The van der Waals surface area contributed by atoms with Gasteiger partial charge < -0.3 is 14.7 Å². The lowest BCUT2D eigenvalue weighted by molar-refractivity contribution is -0.133. The molecule has 0 bridgehead atoms. The number of piperidine rings is 1. The van der Waals surface area contributed by atoms with Crippen LogP contribution in [0, 0.1) is 5.92 Å². The van der Waals surface area contributed by atoms with Crippen molar-refractivity contribution in [2.75, 3.05) is 26.8 Å². The van der Waals surface area contributed by atoms with Gasteiger partial charge in [-0.2, -0.15) is 0 Å². The number of hydrogen-bond donors (Lipinski definition) is 1. The first-order valence-corrected chi connectivity index (χ1v) is 6.08. The molecule has 4 heteroatoms. The molecule has 0 aliphatic carbocycles. The highest BCUT2D eigenvalue weighted by Gasteiger charge is 2.22.